The number of thiophene rings is 1. The monoisotopic (exact) mass is 768 g/mol. The van der Waals surface area contributed by atoms with Crippen LogP contribution in [0.1, 0.15) is 0 Å². The van der Waals surface area contributed by atoms with Crippen molar-refractivity contribution in [3.63, 3.8) is 0 Å². The van der Waals surface area contributed by atoms with Gasteiger partial charge in [-0.05, 0) is 67.7 Å². The van der Waals surface area contributed by atoms with Crippen LogP contribution >= 0.6 is 11.3 Å². The molecule has 0 aliphatic rings. The van der Waals surface area contributed by atoms with E-state index in [9.17, 15) is 0 Å². The van der Waals surface area contributed by atoms with Crippen LogP contribution in [-0.4, -0.2) is 19.9 Å². The number of nitrogens with zero attached hydrogens (tertiary/aromatic N) is 4. The van der Waals surface area contributed by atoms with Gasteiger partial charge < -0.3 is 0 Å². The average molecular weight is 769 g/mol. The van der Waals surface area contributed by atoms with E-state index in [2.05, 4.69) is 133 Å². The van der Waals surface area contributed by atoms with Gasteiger partial charge in [-0.1, -0.05) is 170 Å². The molecule has 0 spiro atoms. The van der Waals surface area contributed by atoms with Crippen molar-refractivity contribution in [2.75, 3.05) is 0 Å². The van der Waals surface area contributed by atoms with E-state index in [0.29, 0.717) is 17.5 Å². The zero-order valence-corrected chi connectivity index (χ0v) is 32.5. The van der Waals surface area contributed by atoms with E-state index in [-0.39, 0.29) is 0 Å². The third-order valence-corrected chi connectivity index (χ3v) is 12.7. The van der Waals surface area contributed by atoms with Crippen LogP contribution in [0, 0.1) is 0 Å². The Morgan fingerprint density at radius 2 is 0.729 bits per heavy atom. The normalized spacial score (nSPS) is 11.7. The SMILES string of the molecule is c1ccc(-c2nc(-c3ccccc3)nc(-c3ccc(-c4ccc5nc(-c6ccc7c8ccccc8c8ccccc8c7c6)c6c7ccccc7sc6c5c4)cc3)n2)cc1. The van der Waals surface area contributed by atoms with Crippen molar-refractivity contribution in [2.24, 2.45) is 0 Å². The van der Waals surface area contributed by atoms with E-state index in [1.165, 1.54) is 52.5 Å². The molecule has 274 valence electrons. The number of pyridine rings is 1. The van der Waals surface area contributed by atoms with Gasteiger partial charge in [-0.3, -0.25) is 0 Å². The van der Waals surface area contributed by atoms with Gasteiger partial charge in [0.2, 0.25) is 0 Å². The van der Waals surface area contributed by atoms with Crippen molar-refractivity contribution in [3.05, 3.63) is 194 Å². The first-order chi connectivity index (χ1) is 29.2. The molecule has 3 aromatic heterocycles. The molecule has 0 aliphatic carbocycles. The molecule has 4 nitrogen and oxygen atoms in total. The topological polar surface area (TPSA) is 51.6 Å². The van der Waals surface area contributed by atoms with Gasteiger partial charge >= 0.3 is 0 Å². The van der Waals surface area contributed by atoms with Crippen LogP contribution in [0.15, 0.2) is 194 Å². The maximum Gasteiger partial charge on any atom is 0.164 e. The fourth-order valence-corrected chi connectivity index (χ4v) is 9.88. The predicted octanol–water partition coefficient (Wildman–Crippen LogP) is 14.6. The first-order valence-corrected chi connectivity index (χ1v) is 20.6. The predicted molar refractivity (Wildman–Crippen MR) is 248 cm³/mol. The molecular weight excluding hydrogens is 737 g/mol. The first kappa shape index (κ1) is 33.5. The van der Waals surface area contributed by atoms with Gasteiger partial charge in [0.05, 0.1) is 11.2 Å². The lowest BCUT2D eigenvalue weighted by molar-refractivity contribution is 1.07. The molecule has 0 saturated heterocycles. The summed E-state index contributed by atoms with van der Waals surface area (Å²) in [5, 5.41) is 11.2. The minimum atomic E-state index is 0.640. The summed E-state index contributed by atoms with van der Waals surface area (Å²) in [6, 6.07) is 68.6. The maximum absolute atomic E-state index is 5.48. The fourth-order valence-electron chi connectivity index (χ4n) is 8.65. The summed E-state index contributed by atoms with van der Waals surface area (Å²) in [7, 11) is 0. The van der Waals surface area contributed by atoms with Crippen molar-refractivity contribution >= 4 is 74.7 Å². The van der Waals surface area contributed by atoms with Crippen molar-refractivity contribution in [2.45, 2.75) is 0 Å². The van der Waals surface area contributed by atoms with E-state index < -0.39 is 0 Å². The molecule has 9 aromatic carbocycles. The molecule has 0 amide bonds. The molecule has 0 aliphatic heterocycles. The van der Waals surface area contributed by atoms with E-state index in [0.717, 1.165) is 50.0 Å². The Balaban J connectivity index is 0.989. The standard InChI is InChI=1S/C54H32N4S/c1-3-13-34(14-4-1)52-56-53(35-15-5-2-6-16-35)58-54(57-52)36-25-23-33(24-26-36)37-28-30-47-46(31-37)51-49(44-21-11-12-22-48(44)59-51)50(55-47)38-27-29-43-41-19-8-7-17-39(41)40-18-9-10-20-42(40)45(43)32-38/h1-32H. The number of benzene rings is 9. The Labute approximate surface area is 343 Å². The molecule has 59 heavy (non-hydrogen) atoms. The minimum absolute atomic E-state index is 0.640. The van der Waals surface area contributed by atoms with Crippen LogP contribution in [0.5, 0.6) is 0 Å². The zero-order chi connectivity index (χ0) is 38.9. The number of fused-ring (bicyclic) bond motifs is 11. The molecular formula is C54H32N4S. The molecule has 0 N–H and O–H groups in total. The first-order valence-electron chi connectivity index (χ1n) is 19.8. The smallest absolute Gasteiger partial charge is 0.164 e. The van der Waals surface area contributed by atoms with Crippen LogP contribution < -0.4 is 0 Å². The van der Waals surface area contributed by atoms with Gasteiger partial charge in [-0.15, -0.1) is 11.3 Å². The molecule has 3 heterocycles. The van der Waals surface area contributed by atoms with Crippen LogP contribution in [-0.2, 0) is 0 Å². The van der Waals surface area contributed by atoms with E-state index in [1.54, 1.807) is 0 Å². The number of hydrogen-bond donors (Lipinski definition) is 0. The Hall–Kier alpha value is -7.60. The van der Waals surface area contributed by atoms with E-state index >= 15 is 0 Å². The highest BCUT2D eigenvalue weighted by Crippen LogP contribution is 2.45. The lowest BCUT2D eigenvalue weighted by Gasteiger charge is -2.13. The van der Waals surface area contributed by atoms with Crippen molar-refractivity contribution in [1.29, 1.82) is 0 Å². The molecule has 0 atom stereocenters. The molecule has 5 heteroatoms. The summed E-state index contributed by atoms with van der Waals surface area (Å²) in [5.41, 5.74) is 8.20. The van der Waals surface area contributed by atoms with Gasteiger partial charge in [0, 0.05) is 47.8 Å². The second kappa shape index (κ2) is 13.5. The van der Waals surface area contributed by atoms with Gasteiger partial charge in [0.1, 0.15) is 0 Å². The Bertz CT molecular complexity index is 3500. The van der Waals surface area contributed by atoms with Crippen LogP contribution in [0.4, 0.5) is 0 Å². The van der Waals surface area contributed by atoms with E-state index in [1.807, 2.05) is 72.0 Å². The van der Waals surface area contributed by atoms with Crippen LogP contribution in [0.2, 0.25) is 0 Å². The number of rotatable bonds is 5. The summed E-state index contributed by atoms with van der Waals surface area (Å²) < 4.78 is 2.51. The molecule has 12 aromatic rings. The lowest BCUT2D eigenvalue weighted by atomic mass is 9.92. The summed E-state index contributed by atoms with van der Waals surface area (Å²) in [6.07, 6.45) is 0. The highest BCUT2D eigenvalue weighted by atomic mass is 32.1. The fraction of sp³-hybridized carbons (Fsp3) is 0. The molecule has 0 bridgehead atoms. The van der Waals surface area contributed by atoms with Gasteiger partial charge in [-0.25, -0.2) is 19.9 Å². The molecule has 0 fully saturated rings. The largest absolute Gasteiger partial charge is 0.247 e. The highest BCUT2D eigenvalue weighted by Gasteiger charge is 2.19. The molecule has 0 radical (unpaired) electrons. The quantitative estimate of drug-likeness (QED) is 0.164. The molecule has 0 unspecified atom stereocenters. The van der Waals surface area contributed by atoms with Crippen LogP contribution in [0.3, 0.4) is 0 Å². The second-order valence-electron chi connectivity index (χ2n) is 15.0. The van der Waals surface area contributed by atoms with Crippen molar-refractivity contribution in [1.82, 2.24) is 19.9 Å². The summed E-state index contributed by atoms with van der Waals surface area (Å²) in [4.78, 5) is 20.2. The Kier molecular flexibility index (Phi) is 7.68. The third-order valence-electron chi connectivity index (χ3n) is 11.5. The highest BCUT2D eigenvalue weighted by molar-refractivity contribution is 7.26. The number of hydrogen-bond acceptors (Lipinski definition) is 5. The minimum Gasteiger partial charge on any atom is -0.247 e. The third kappa shape index (κ3) is 5.58. The maximum atomic E-state index is 5.48. The Morgan fingerprint density at radius 3 is 1.34 bits per heavy atom. The summed E-state index contributed by atoms with van der Waals surface area (Å²) in [6.45, 7) is 0. The van der Waals surface area contributed by atoms with Crippen LogP contribution in [0.25, 0.3) is 120 Å². The zero-order valence-electron chi connectivity index (χ0n) is 31.7. The number of aromatic nitrogens is 4. The van der Waals surface area contributed by atoms with E-state index in [4.69, 9.17) is 19.9 Å². The average Bonchev–Trinajstić information content (AvgIpc) is 3.72. The Morgan fingerprint density at radius 1 is 0.288 bits per heavy atom. The lowest BCUT2D eigenvalue weighted by Crippen LogP contribution is -2.00. The van der Waals surface area contributed by atoms with Gasteiger partial charge in [0.15, 0.2) is 17.5 Å². The summed E-state index contributed by atoms with van der Waals surface area (Å²) in [5.74, 6) is 1.94. The van der Waals surface area contributed by atoms with Crippen molar-refractivity contribution in [3.8, 4) is 56.5 Å². The van der Waals surface area contributed by atoms with Gasteiger partial charge in [-0.2, -0.15) is 0 Å². The molecule has 12 rings (SSSR count). The second-order valence-corrected chi connectivity index (χ2v) is 16.0. The molecule has 0 saturated carbocycles. The summed E-state index contributed by atoms with van der Waals surface area (Å²) >= 11 is 1.85. The van der Waals surface area contributed by atoms with Gasteiger partial charge in [0.25, 0.3) is 0 Å². The van der Waals surface area contributed by atoms with Crippen molar-refractivity contribution < 1.29 is 0 Å².